The normalized spacial score (nSPS) is 17.5. The van der Waals surface area contributed by atoms with E-state index in [-0.39, 0.29) is 5.54 Å². The number of hydrogen-bond acceptors (Lipinski definition) is 4. The molecule has 1 saturated heterocycles. The van der Waals surface area contributed by atoms with Crippen molar-refractivity contribution in [3.63, 3.8) is 0 Å². The Balaban J connectivity index is 2.03. The average Bonchev–Trinajstić information content (AvgIpc) is 2.45. The minimum Gasteiger partial charge on any atom is -0.369 e. The second-order valence-corrected chi connectivity index (χ2v) is 6.43. The molecule has 4 nitrogen and oxygen atoms in total. The van der Waals surface area contributed by atoms with Crippen molar-refractivity contribution >= 4 is 5.69 Å². The Labute approximate surface area is 123 Å². The summed E-state index contributed by atoms with van der Waals surface area (Å²) in [5, 5.41) is 3.40. The molecule has 2 rings (SSSR count). The first-order chi connectivity index (χ1) is 9.52. The van der Waals surface area contributed by atoms with E-state index in [1.54, 1.807) is 0 Å². The van der Waals surface area contributed by atoms with Gasteiger partial charge in [-0.3, -0.25) is 9.88 Å². The molecular formula is C16H28N4. The van der Waals surface area contributed by atoms with Crippen LogP contribution >= 0.6 is 0 Å². The van der Waals surface area contributed by atoms with Gasteiger partial charge in [0.15, 0.2) is 0 Å². The van der Waals surface area contributed by atoms with Gasteiger partial charge in [-0.05, 0) is 33.4 Å². The van der Waals surface area contributed by atoms with E-state index in [2.05, 4.69) is 53.9 Å². The lowest BCUT2D eigenvalue weighted by Crippen LogP contribution is -2.53. The zero-order valence-electron chi connectivity index (χ0n) is 13.3. The van der Waals surface area contributed by atoms with Crippen LogP contribution in [0, 0.1) is 0 Å². The summed E-state index contributed by atoms with van der Waals surface area (Å²) in [6, 6.07) is 2.15. The summed E-state index contributed by atoms with van der Waals surface area (Å²) < 4.78 is 0. The van der Waals surface area contributed by atoms with Gasteiger partial charge in [-0.1, -0.05) is 6.92 Å². The molecule has 1 aliphatic heterocycles. The molecule has 0 unspecified atom stereocenters. The third-order valence-corrected chi connectivity index (χ3v) is 4.01. The lowest BCUT2D eigenvalue weighted by atomic mass is 10.0. The van der Waals surface area contributed by atoms with E-state index in [0.29, 0.717) is 0 Å². The maximum atomic E-state index is 4.27. The summed E-state index contributed by atoms with van der Waals surface area (Å²) in [4.78, 5) is 9.33. The van der Waals surface area contributed by atoms with Crippen LogP contribution in [0.2, 0.25) is 0 Å². The van der Waals surface area contributed by atoms with Gasteiger partial charge in [-0.2, -0.15) is 0 Å². The molecule has 0 aliphatic carbocycles. The van der Waals surface area contributed by atoms with E-state index < -0.39 is 0 Å². The molecule has 4 heteroatoms. The fourth-order valence-electron chi connectivity index (χ4n) is 2.74. The van der Waals surface area contributed by atoms with Crippen molar-refractivity contribution in [2.24, 2.45) is 0 Å². The number of aromatic nitrogens is 1. The van der Waals surface area contributed by atoms with Crippen molar-refractivity contribution in [1.29, 1.82) is 0 Å². The van der Waals surface area contributed by atoms with Gasteiger partial charge >= 0.3 is 0 Å². The van der Waals surface area contributed by atoms with Crippen molar-refractivity contribution in [3.8, 4) is 0 Å². The Morgan fingerprint density at radius 3 is 2.50 bits per heavy atom. The highest BCUT2D eigenvalue weighted by molar-refractivity contribution is 5.52. The molecule has 1 N–H and O–H groups in total. The molecule has 0 radical (unpaired) electrons. The highest BCUT2D eigenvalue weighted by Gasteiger charge is 2.26. The van der Waals surface area contributed by atoms with E-state index in [9.17, 15) is 0 Å². The monoisotopic (exact) mass is 276 g/mol. The molecular weight excluding hydrogens is 248 g/mol. The molecule has 112 valence electrons. The molecule has 2 heterocycles. The summed E-state index contributed by atoms with van der Waals surface area (Å²) in [6.45, 7) is 15.4. The lowest BCUT2D eigenvalue weighted by molar-refractivity contribution is 0.128. The van der Waals surface area contributed by atoms with Crippen molar-refractivity contribution < 1.29 is 0 Å². The summed E-state index contributed by atoms with van der Waals surface area (Å²) >= 11 is 0. The summed E-state index contributed by atoms with van der Waals surface area (Å²) in [6.07, 6.45) is 3.90. The number of hydrogen-bond donors (Lipinski definition) is 1. The molecule has 0 bridgehead atoms. The zero-order chi connectivity index (χ0) is 14.6. The van der Waals surface area contributed by atoms with Crippen LogP contribution in [0.1, 0.15) is 33.3 Å². The zero-order valence-corrected chi connectivity index (χ0v) is 13.3. The number of pyridine rings is 1. The van der Waals surface area contributed by atoms with Gasteiger partial charge in [0.05, 0.1) is 0 Å². The molecule has 1 aromatic heterocycles. The third kappa shape index (κ3) is 3.70. The van der Waals surface area contributed by atoms with Gasteiger partial charge in [-0.15, -0.1) is 0 Å². The standard InChI is InChI=1S/C16H28N4/c1-5-17-12-14-13-18-7-6-15(14)19-8-10-20(11-9-19)16(2,3)4/h6-7,13,17H,5,8-12H2,1-4H3. The van der Waals surface area contributed by atoms with Gasteiger partial charge in [0, 0.05) is 61.9 Å². The average molecular weight is 276 g/mol. The fraction of sp³-hybridized carbons (Fsp3) is 0.688. The Hall–Kier alpha value is -1.13. The van der Waals surface area contributed by atoms with Gasteiger partial charge < -0.3 is 10.2 Å². The predicted octanol–water partition coefficient (Wildman–Crippen LogP) is 2.11. The summed E-state index contributed by atoms with van der Waals surface area (Å²) in [5.41, 5.74) is 2.92. The lowest BCUT2D eigenvalue weighted by Gasteiger charge is -2.43. The number of rotatable bonds is 4. The molecule has 0 aromatic carbocycles. The first-order valence-electron chi connectivity index (χ1n) is 7.66. The third-order valence-electron chi connectivity index (χ3n) is 4.01. The van der Waals surface area contributed by atoms with E-state index in [0.717, 1.165) is 39.3 Å². The first kappa shape index (κ1) is 15.3. The molecule has 1 aliphatic rings. The molecule has 0 amide bonds. The van der Waals surface area contributed by atoms with Crippen LogP contribution in [0.15, 0.2) is 18.5 Å². The maximum Gasteiger partial charge on any atom is 0.0443 e. The second kappa shape index (κ2) is 6.55. The van der Waals surface area contributed by atoms with E-state index in [1.807, 2.05) is 12.4 Å². The smallest absolute Gasteiger partial charge is 0.0443 e. The van der Waals surface area contributed by atoms with Crippen LogP contribution < -0.4 is 10.2 Å². The Bertz CT molecular complexity index is 417. The van der Waals surface area contributed by atoms with Crippen LogP contribution in [0.25, 0.3) is 0 Å². The van der Waals surface area contributed by atoms with E-state index in [4.69, 9.17) is 0 Å². The number of nitrogens with one attached hydrogen (secondary N) is 1. The van der Waals surface area contributed by atoms with Gasteiger partial charge in [0.1, 0.15) is 0 Å². The molecule has 20 heavy (non-hydrogen) atoms. The number of piperazine rings is 1. The van der Waals surface area contributed by atoms with Gasteiger partial charge in [0.2, 0.25) is 0 Å². The number of anilines is 1. The summed E-state index contributed by atoms with van der Waals surface area (Å²) in [7, 11) is 0. The Morgan fingerprint density at radius 2 is 1.90 bits per heavy atom. The highest BCUT2D eigenvalue weighted by Crippen LogP contribution is 2.23. The molecule has 0 saturated carbocycles. The molecule has 1 fully saturated rings. The van der Waals surface area contributed by atoms with E-state index in [1.165, 1.54) is 11.3 Å². The second-order valence-electron chi connectivity index (χ2n) is 6.43. The quantitative estimate of drug-likeness (QED) is 0.913. The largest absolute Gasteiger partial charge is 0.369 e. The van der Waals surface area contributed by atoms with Crippen molar-refractivity contribution in [2.45, 2.75) is 39.8 Å². The van der Waals surface area contributed by atoms with E-state index >= 15 is 0 Å². The fourth-order valence-corrected chi connectivity index (χ4v) is 2.74. The minimum absolute atomic E-state index is 0.275. The Morgan fingerprint density at radius 1 is 1.20 bits per heavy atom. The number of nitrogens with zero attached hydrogens (tertiary/aromatic N) is 3. The Kier molecular flexibility index (Phi) is 5.00. The van der Waals surface area contributed by atoms with Crippen LogP contribution in [0.5, 0.6) is 0 Å². The van der Waals surface area contributed by atoms with Crippen LogP contribution in [0.3, 0.4) is 0 Å². The van der Waals surface area contributed by atoms with Gasteiger partial charge in [0.25, 0.3) is 0 Å². The van der Waals surface area contributed by atoms with Crippen molar-refractivity contribution in [2.75, 3.05) is 37.6 Å². The van der Waals surface area contributed by atoms with Crippen LogP contribution in [0.4, 0.5) is 5.69 Å². The molecule has 0 atom stereocenters. The van der Waals surface area contributed by atoms with Crippen molar-refractivity contribution in [1.82, 2.24) is 15.2 Å². The topological polar surface area (TPSA) is 31.4 Å². The summed E-state index contributed by atoms with van der Waals surface area (Å²) in [5.74, 6) is 0. The predicted molar refractivity (Wildman–Crippen MR) is 85.2 cm³/mol. The SMILES string of the molecule is CCNCc1cnccc1N1CCN(C(C)(C)C)CC1. The van der Waals surface area contributed by atoms with Crippen LogP contribution in [-0.2, 0) is 6.54 Å². The first-order valence-corrected chi connectivity index (χ1v) is 7.66. The maximum absolute atomic E-state index is 4.27. The molecule has 1 aromatic rings. The van der Waals surface area contributed by atoms with Gasteiger partial charge in [-0.25, -0.2) is 0 Å². The highest BCUT2D eigenvalue weighted by atomic mass is 15.3. The van der Waals surface area contributed by atoms with Crippen molar-refractivity contribution in [3.05, 3.63) is 24.0 Å². The van der Waals surface area contributed by atoms with Crippen LogP contribution in [-0.4, -0.2) is 48.1 Å². The minimum atomic E-state index is 0.275. The molecule has 0 spiro atoms.